The molecule has 0 bridgehead atoms. The van der Waals surface area contributed by atoms with Gasteiger partial charge in [0.2, 0.25) is 5.95 Å². The fourth-order valence-corrected chi connectivity index (χ4v) is 2.64. The molecule has 0 atom stereocenters. The number of aromatic nitrogens is 2. The van der Waals surface area contributed by atoms with E-state index in [0.717, 1.165) is 12.4 Å². The molecule has 0 spiro atoms. The maximum Gasteiger partial charge on any atom is 0.223 e. The average molecular weight is 261 g/mol. The number of nitrogens with two attached hydrogens (primary N) is 2. The quantitative estimate of drug-likeness (QED) is 0.878. The summed E-state index contributed by atoms with van der Waals surface area (Å²) in [6.07, 6.45) is 2.40. The Morgan fingerprint density at radius 3 is 2.78 bits per heavy atom. The lowest BCUT2D eigenvalue weighted by Crippen LogP contribution is -2.26. The first-order chi connectivity index (χ1) is 8.72. The second kappa shape index (κ2) is 4.45. The lowest BCUT2D eigenvalue weighted by Gasteiger charge is -2.23. The number of nitrogen functional groups attached to an aromatic ring is 2. The summed E-state index contributed by atoms with van der Waals surface area (Å²) in [6.45, 7) is 0.851. The standard InChI is InChI=1S/C12H15N5S/c13-10-5-11(16-12(14)15-10)17(9-1-2-9)6-8-3-4-18-7-8/h3-5,7,9H,1-2,6H2,(H4,13,14,15,16). The van der Waals surface area contributed by atoms with Gasteiger partial charge in [-0.2, -0.15) is 21.3 Å². The molecule has 2 aromatic heterocycles. The van der Waals surface area contributed by atoms with Crippen LogP contribution in [0.15, 0.2) is 22.9 Å². The van der Waals surface area contributed by atoms with Crippen LogP contribution in [0.5, 0.6) is 0 Å². The van der Waals surface area contributed by atoms with Crippen molar-refractivity contribution in [3.63, 3.8) is 0 Å². The van der Waals surface area contributed by atoms with E-state index >= 15 is 0 Å². The van der Waals surface area contributed by atoms with Crippen LogP contribution < -0.4 is 16.4 Å². The molecule has 1 fully saturated rings. The molecule has 1 aliphatic rings. The normalized spacial score (nSPS) is 14.7. The van der Waals surface area contributed by atoms with Crippen LogP contribution in [-0.4, -0.2) is 16.0 Å². The number of thiophene rings is 1. The van der Waals surface area contributed by atoms with Gasteiger partial charge in [-0.25, -0.2) is 0 Å². The second-order valence-electron chi connectivity index (χ2n) is 4.50. The summed E-state index contributed by atoms with van der Waals surface area (Å²) in [5, 5.41) is 4.24. The van der Waals surface area contributed by atoms with Gasteiger partial charge in [0.25, 0.3) is 0 Å². The minimum Gasteiger partial charge on any atom is -0.383 e. The minimum atomic E-state index is 0.237. The Morgan fingerprint density at radius 2 is 2.17 bits per heavy atom. The maximum absolute atomic E-state index is 5.74. The second-order valence-corrected chi connectivity index (χ2v) is 5.28. The van der Waals surface area contributed by atoms with Gasteiger partial charge in [0, 0.05) is 18.7 Å². The van der Waals surface area contributed by atoms with E-state index in [9.17, 15) is 0 Å². The van der Waals surface area contributed by atoms with Crippen molar-refractivity contribution in [3.05, 3.63) is 28.5 Å². The Balaban J connectivity index is 1.89. The lowest BCUT2D eigenvalue weighted by atomic mass is 10.3. The SMILES string of the molecule is Nc1cc(N(Cc2ccsc2)C2CC2)nc(N)n1. The highest BCUT2D eigenvalue weighted by atomic mass is 32.1. The third-order valence-corrected chi connectivity index (χ3v) is 3.70. The molecule has 1 aliphatic carbocycles. The molecular formula is C12H15N5S. The maximum atomic E-state index is 5.74. The van der Waals surface area contributed by atoms with Crippen molar-refractivity contribution >= 4 is 28.9 Å². The number of rotatable bonds is 4. The molecule has 6 heteroatoms. The van der Waals surface area contributed by atoms with Crippen LogP contribution in [-0.2, 0) is 6.54 Å². The molecular weight excluding hydrogens is 246 g/mol. The van der Waals surface area contributed by atoms with E-state index in [1.165, 1.54) is 18.4 Å². The summed E-state index contributed by atoms with van der Waals surface area (Å²) in [4.78, 5) is 10.5. The highest BCUT2D eigenvalue weighted by molar-refractivity contribution is 7.07. The molecule has 0 unspecified atom stereocenters. The van der Waals surface area contributed by atoms with Crippen LogP contribution in [0, 0.1) is 0 Å². The van der Waals surface area contributed by atoms with Crippen LogP contribution in [0.1, 0.15) is 18.4 Å². The van der Waals surface area contributed by atoms with Crippen molar-refractivity contribution in [1.82, 2.24) is 9.97 Å². The fourth-order valence-electron chi connectivity index (χ4n) is 1.98. The summed E-state index contributed by atoms with van der Waals surface area (Å²) >= 11 is 1.71. The van der Waals surface area contributed by atoms with Gasteiger partial charge in [0.1, 0.15) is 11.6 Å². The third-order valence-electron chi connectivity index (χ3n) is 2.96. The Bertz CT molecular complexity index is 515. The van der Waals surface area contributed by atoms with Crippen LogP contribution in [0.4, 0.5) is 17.6 Å². The smallest absolute Gasteiger partial charge is 0.223 e. The van der Waals surface area contributed by atoms with Crippen molar-refractivity contribution < 1.29 is 0 Å². The molecule has 2 aromatic rings. The average Bonchev–Trinajstić information content (AvgIpc) is 3.02. The predicted octanol–water partition coefficient (Wildman–Crippen LogP) is 1.87. The van der Waals surface area contributed by atoms with E-state index in [1.54, 1.807) is 17.4 Å². The summed E-state index contributed by atoms with van der Waals surface area (Å²) < 4.78 is 0. The van der Waals surface area contributed by atoms with E-state index < -0.39 is 0 Å². The Kier molecular flexibility index (Phi) is 2.79. The molecule has 3 rings (SSSR count). The van der Waals surface area contributed by atoms with Gasteiger partial charge in [0.15, 0.2) is 0 Å². The monoisotopic (exact) mass is 261 g/mol. The topological polar surface area (TPSA) is 81.1 Å². The number of nitrogens with zero attached hydrogens (tertiary/aromatic N) is 3. The molecule has 4 N–H and O–H groups in total. The van der Waals surface area contributed by atoms with Gasteiger partial charge in [-0.1, -0.05) is 0 Å². The molecule has 0 aromatic carbocycles. The largest absolute Gasteiger partial charge is 0.383 e. The minimum absolute atomic E-state index is 0.237. The van der Waals surface area contributed by atoms with Gasteiger partial charge in [0.05, 0.1) is 0 Å². The Hall–Kier alpha value is -1.82. The van der Waals surface area contributed by atoms with Crippen molar-refractivity contribution in [3.8, 4) is 0 Å². The molecule has 0 aliphatic heterocycles. The lowest BCUT2D eigenvalue weighted by molar-refractivity contribution is 0.779. The van der Waals surface area contributed by atoms with E-state index in [-0.39, 0.29) is 5.95 Å². The van der Waals surface area contributed by atoms with Crippen LogP contribution >= 0.6 is 11.3 Å². The van der Waals surface area contributed by atoms with Gasteiger partial charge >= 0.3 is 0 Å². The summed E-state index contributed by atoms with van der Waals surface area (Å²) in [7, 11) is 0. The zero-order valence-corrected chi connectivity index (χ0v) is 10.7. The van der Waals surface area contributed by atoms with E-state index in [2.05, 4.69) is 31.7 Å². The summed E-state index contributed by atoms with van der Waals surface area (Å²) in [5.41, 5.74) is 12.7. The van der Waals surface area contributed by atoms with Crippen LogP contribution in [0.2, 0.25) is 0 Å². The van der Waals surface area contributed by atoms with Gasteiger partial charge in [-0.05, 0) is 35.2 Å². The molecule has 2 heterocycles. The molecule has 94 valence electrons. The predicted molar refractivity (Wildman–Crippen MR) is 74.4 cm³/mol. The first-order valence-electron chi connectivity index (χ1n) is 5.90. The van der Waals surface area contributed by atoms with Crippen LogP contribution in [0.25, 0.3) is 0 Å². The highest BCUT2D eigenvalue weighted by Crippen LogP contribution is 2.33. The molecule has 1 saturated carbocycles. The van der Waals surface area contributed by atoms with Crippen molar-refractivity contribution in [2.75, 3.05) is 16.4 Å². The summed E-state index contributed by atoms with van der Waals surface area (Å²) in [6, 6.07) is 4.48. The highest BCUT2D eigenvalue weighted by Gasteiger charge is 2.30. The van der Waals surface area contributed by atoms with E-state index in [1.807, 2.05) is 0 Å². The zero-order valence-electron chi connectivity index (χ0n) is 9.91. The van der Waals surface area contributed by atoms with Gasteiger partial charge in [-0.15, -0.1) is 0 Å². The first kappa shape index (κ1) is 11.3. The van der Waals surface area contributed by atoms with Crippen molar-refractivity contribution in [2.45, 2.75) is 25.4 Å². The Labute approximate surface area is 109 Å². The van der Waals surface area contributed by atoms with Crippen LogP contribution in [0.3, 0.4) is 0 Å². The Morgan fingerprint density at radius 1 is 1.33 bits per heavy atom. The number of anilines is 3. The molecule has 0 amide bonds. The molecule has 5 nitrogen and oxygen atoms in total. The van der Waals surface area contributed by atoms with Gasteiger partial charge < -0.3 is 16.4 Å². The number of hydrogen-bond acceptors (Lipinski definition) is 6. The number of hydrogen-bond donors (Lipinski definition) is 2. The third kappa shape index (κ3) is 2.38. The zero-order chi connectivity index (χ0) is 12.5. The van der Waals surface area contributed by atoms with E-state index in [0.29, 0.717) is 11.9 Å². The van der Waals surface area contributed by atoms with Crippen molar-refractivity contribution in [2.24, 2.45) is 0 Å². The summed E-state index contributed by atoms with van der Waals surface area (Å²) in [5.74, 6) is 1.49. The molecule has 0 saturated heterocycles. The molecule has 18 heavy (non-hydrogen) atoms. The van der Waals surface area contributed by atoms with E-state index in [4.69, 9.17) is 11.5 Å². The first-order valence-corrected chi connectivity index (χ1v) is 6.84. The molecule has 0 radical (unpaired) electrons. The fraction of sp³-hybridized carbons (Fsp3) is 0.333. The van der Waals surface area contributed by atoms with Gasteiger partial charge in [-0.3, -0.25) is 0 Å². The van der Waals surface area contributed by atoms with Crippen molar-refractivity contribution in [1.29, 1.82) is 0 Å².